The number of hydrogen-bond donors (Lipinski definition) is 1. The van der Waals surface area contributed by atoms with E-state index < -0.39 is 0 Å². The Balaban J connectivity index is 1.59. The molecule has 0 spiro atoms. The van der Waals surface area contributed by atoms with Gasteiger partial charge < -0.3 is 10.5 Å². The first kappa shape index (κ1) is 13.6. The molecule has 2 aromatic rings. The minimum atomic E-state index is 0.288. The van der Waals surface area contributed by atoms with Crippen molar-refractivity contribution < 1.29 is 4.74 Å². The predicted octanol–water partition coefficient (Wildman–Crippen LogP) is 3.41. The van der Waals surface area contributed by atoms with Crippen molar-refractivity contribution in [2.24, 2.45) is 5.92 Å². The van der Waals surface area contributed by atoms with E-state index in [1.54, 1.807) is 0 Å². The summed E-state index contributed by atoms with van der Waals surface area (Å²) in [7, 11) is 0. The molecule has 3 fully saturated rings. The Morgan fingerprint density at radius 3 is 2.41 bits per heavy atom. The van der Waals surface area contributed by atoms with Gasteiger partial charge in [-0.25, -0.2) is 0 Å². The van der Waals surface area contributed by atoms with Crippen molar-refractivity contribution in [2.75, 3.05) is 25.4 Å². The van der Waals surface area contributed by atoms with Gasteiger partial charge in [-0.05, 0) is 55.1 Å². The van der Waals surface area contributed by atoms with Gasteiger partial charge in [0, 0.05) is 6.54 Å². The lowest BCUT2D eigenvalue weighted by Gasteiger charge is -2.44. The van der Waals surface area contributed by atoms with E-state index in [1.807, 2.05) is 12.1 Å². The molecule has 1 atom stereocenters. The zero-order chi connectivity index (χ0) is 14.9. The largest absolute Gasteiger partial charge is 0.487 e. The number of nitrogen functional groups attached to an aromatic ring is 1. The van der Waals surface area contributed by atoms with Crippen molar-refractivity contribution in [2.45, 2.75) is 18.9 Å². The van der Waals surface area contributed by atoms with Crippen molar-refractivity contribution >= 4 is 5.69 Å². The van der Waals surface area contributed by atoms with Gasteiger partial charge in [0.2, 0.25) is 0 Å². The van der Waals surface area contributed by atoms with Crippen LogP contribution in [0.25, 0.3) is 11.1 Å². The average molecular weight is 294 g/mol. The predicted molar refractivity (Wildman–Crippen MR) is 89.9 cm³/mol. The molecule has 0 radical (unpaired) electrons. The highest BCUT2D eigenvalue weighted by molar-refractivity contribution is 5.69. The molecule has 3 aliphatic heterocycles. The van der Waals surface area contributed by atoms with Crippen LogP contribution in [0.4, 0.5) is 5.69 Å². The Kier molecular flexibility index (Phi) is 3.51. The number of benzene rings is 2. The van der Waals surface area contributed by atoms with Crippen LogP contribution in [-0.2, 0) is 0 Å². The Bertz CT molecular complexity index is 648. The van der Waals surface area contributed by atoms with E-state index in [0.717, 1.165) is 23.5 Å². The van der Waals surface area contributed by atoms with Crippen molar-refractivity contribution in [3.05, 3.63) is 48.5 Å². The molecule has 0 aliphatic carbocycles. The number of fused-ring (bicyclic) bond motifs is 3. The smallest absolute Gasteiger partial charge is 0.143 e. The molecule has 0 unspecified atom stereocenters. The van der Waals surface area contributed by atoms with Crippen LogP contribution >= 0.6 is 0 Å². The van der Waals surface area contributed by atoms with E-state index in [9.17, 15) is 0 Å². The first-order valence-electron chi connectivity index (χ1n) is 8.13. The van der Waals surface area contributed by atoms with Crippen LogP contribution in [0, 0.1) is 5.92 Å². The van der Waals surface area contributed by atoms with Gasteiger partial charge in [-0.1, -0.05) is 36.4 Å². The van der Waals surface area contributed by atoms with Gasteiger partial charge in [0.15, 0.2) is 0 Å². The lowest BCUT2D eigenvalue weighted by Crippen LogP contribution is -2.52. The number of piperidine rings is 3. The number of nitrogens with two attached hydrogens (primary N) is 1. The molecule has 22 heavy (non-hydrogen) atoms. The third kappa shape index (κ3) is 2.57. The quantitative estimate of drug-likeness (QED) is 0.882. The van der Waals surface area contributed by atoms with E-state index in [1.165, 1.54) is 31.5 Å². The summed E-state index contributed by atoms with van der Waals surface area (Å²) in [6.07, 6.45) is 2.79. The second-order valence-corrected chi connectivity index (χ2v) is 6.41. The van der Waals surface area contributed by atoms with E-state index in [-0.39, 0.29) is 6.10 Å². The van der Waals surface area contributed by atoms with Crippen LogP contribution in [-0.4, -0.2) is 30.6 Å². The van der Waals surface area contributed by atoms with E-state index >= 15 is 0 Å². The first-order chi connectivity index (χ1) is 10.8. The SMILES string of the molecule is Nc1ccc(-c2ccccc2)cc1O[C@H]1CN2CCC1CC2. The normalized spacial score (nSPS) is 26.8. The van der Waals surface area contributed by atoms with Gasteiger partial charge in [0.1, 0.15) is 11.9 Å². The second-order valence-electron chi connectivity index (χ2n) is 6.41. The Morgan fingerprint density at radius 1 is 0.955 bits per heavy atom. The monoisotopic (exact) mass is 294 g/mol. The maximum absolute atomic E-state index is 6.32. The zero-order valence-electron chi connectivity index (χ0n) is 12.7. The summed E-state index contributed by atoms with van der Waals surface area (Å²) in [6.45, 7) is 3.49. The number of hydrogen-bond acceptors (Lipinski definition) is 3. The molecule has 0 aromatic heterocycles. The first-order valence-corrected chi connectivity index (χ1v) is 8.13. The van der Waals surface area contributed by atoms with Crippen molar-refractivity contribution in [3.63, 3.8) is 0 Å². The molecule has 2 aromatic carbocycles. The third-order valence-electron chi connectivity index (χ3n) is 5.00. The maximum Gasteiger partial charge on any atom is 0.143 e. The number of rotatable bonds is 3. The van der Waals surface area contributed by atoms with Gasteiger partial charge >= 0.3 is 0 Å². The molecule has 0 saturated carbocycles. The lowest BCUT2D eigenvalue weighted by molar-refractivity contribution is -0.00736. The molecule has 5 rings (SSSR count). The van der Waals surface area contributed by atoms with E-state index in [4.69, 9.17) is 10.5 Å². The highest BCUT2D eigenvalue weighted by Crippen LogP contribution is 2.34. The highest BCUT2D eigenvalue weighted by Gasteiger charge is 2.35. The van der Waals surface area contributed by atoms with Crippen molar-refractivity contribution in [3.8, 4) is 16.9 Å². The summed E-state index contributed by atoms with van der Waals surface area (Å²) in [5, 5.41) is 0. The highest BCUT2D eigenvalue weighted by atomic mass is 16.5. The summed E-state index contributed by atoms with van der Waals surface area (Å²) in [5.41, 5.74) is 9.23. The molecular formula is C19H22N2O. The fourth-order valence-corrected chi connectivity index (χ4v) is 3.65. The van der Waals surface area contributed by atoms with Crippen molar-refractivity contribution in [1.29, 1.82) is 0 Å². The topological polar surface area (TPSA) is 38.5 Å². The minimum Gasteiger partial charge on any atom is -0.487 e. The van der Waals surface area contributed by atoms with Crippen LogP contribution < -0.4 is 10.5 Å². The average Bonchev–Trinajstić information content (AvgIpc) is 2.59. The standard InChI is InChI=1S/C19H22N2O/c20-17-7-6-16(14-4-2-1-3-5-14)12-18(17)22-19-13-21-10-8-15(19)9-11-21/h1-7,12,15,19H,8-11,13,20H2/t19-/m0/s1. The summed E-state index contributed by atoms with van der Waals surface area (Å²) >= 11 is 0. The van der Waals surface area contributed by atoms with Crippen LogP contribution in [0.5, 0.6) is 5.75 Å². The van der Waals surface area contributed by atoms with Crippen LogP contribution in [0.2, 0.25) is 0 Å². The molecule has 2 N–H and O–H groups in total. The maximum atomic E-state index is 6.32. The Labute approximate surface area is 131 Å². The second kappa shape index (κ2) is 5.65. The van der Waals surface area contributed by atoms with Crippen molar-refractivity contribution in [1.82, 2.24) is 4.90 Å². The minimum absolute atomic E-state index is 0.288. The number of nitrogens with zero attached hydrogens (tertiary/aromatic N) is 1. The Morgan fingerprint density at radius 2 is 1.73 bits per heavy atom. The summed E-state index contributed by atoms with van der Waals surface area (Å²) in [4.78, 5) is 2.50. The molecule has 3 nitrogen and oxygen atoms in total. The zero-order valence-corrected chi connectivity index (χ0v) is 12.7. The number of anilines is 1. The van der Waals surface area contributed by atoms with Gasteiger partial charge in [-0.2, -0.15) is 0 Å². The fraction of sp³-hybridized carbons (Fsp3) is 0.368. The Hall–Kier alpha value is -2.00. The fourth-order valence-electron chi connectivity index (χ4n) is 3.65. The van der Waals surface area contributed by atoms with Gasteiger partial charge in [-0.3, -0.25) is 4.90 Å². The molecule has 3 heteroatoms. The summed E-state index contributed by atoms with van der Waals surface area (Å²) < 4.78 is 6.32. The van der Waals surface area contributed by atoms with Crippen LogP contribution in [0.15, 0.2) is 48.5 Å². The van der Waals surface area contributed by atoms with E-state index in [0.29, 0.717) is 5.92 Å². The van der Waals surface area contributed by atoms with E-state index in [2.05, 4.69) is 41.3 Å². The number of ether oxygens (including phenoxy) is 1. The summed E-state index contributed by atoms with van der Waals surface area (Å²) in [6, 6.07) is 16.5. The molecular weight excluding hydrogens is 272 g/mol. The molecule has 0 amide bonds. The lowest BCUT2D eigenvalue weighted by atomic mass is 9.86. The third-order valence-corrected chi connectivity index (χ3v) is 5.00. The van der Waals surface area contributed by atoms with Crippen LogP contribution in [0.3, 0.4) is 0 Å². The van der Waals surface area contributed by atoms with Gasteiger partial charge in [-0.15, -0.1) is 0 Å². The molecule has 3 aliphatic rings. The molecule has 114 valence electrons. The van der Waals surface area contributed by atoms with Gasteiger partial charge in [0.05, 0.1) is 5.69 Å². The summed E-state index contributed by atoms with van der Waals surface area (Å²) in [5.74, 6) is 1.52. The van der Waals surface area contributed by atoms with Gasteiger partial charge in [0.25, 0.3) is 0 Å². The molecule has 2 bridgehead atoms. The molecule has 3 saturated heterocycles. The van der Waals surface area contributed by atoms with Crippen LogP contribution in [0.1, 0.15) is 12.8 Å². The molecule has 3 heterocycles.